The van der Waals surface area contributed by atoms with Crippen LogP contribution in [0.3, 0.4) is 0 Å². The summed E-state index contributed by atoms with van der Waals surface area (Å²) in [7, 11) is 3.54. The molecule has 1 unspecified atom stereocenters. The Labute approximate surface area is 122 Å². The second kappa shape index (κ2) is 7.77. The van der Waals surface area contributed by atoms with Crippen molar-refractivity contribution in [2.24, 2.45) is 0 Å². The molecular formula is C17H27NO2. The van der Waals surface area contributed by atoms with Gasteiger partial charge in [0.25, 0.3) is 0 Å². The van der Waals surface area contributed by atoms with Gasteiger partial charge in [-0.3, -0.25) is 0 Å². The van der Waals surface area contributed by atoms with E-state index in [0.717, 1.165) is 32.7 Å². The van der Waals surface area contributed by atoms with Crippen LogP contribution < -0.4 is 5.32 Å². The average Bonchev–Trinajstić information content (AvgIpc) is 2.50. The monoisotopic (exact) mass is 277 g/mol. The topological polar surface area (TPSA) is 30.5 Å². The molecule has 0 radical (unpaired) electrons. The summed E-state index contributed by atoms with van der Waals surface area (Å²) >= 11 is 0. The molecule has 0 spiro atoms. The number of methoxy groups -OCH3 is 2. The van der Waals surface area contributed by atoms with Crippen molar-refractivity contribution in [3.63, 3.8) is 0 Å². The quantitative estimate of drug-likeness (QED) is 0.741. The summed E-state index contributed by atoms with van der Waals surface area (Å²) in [6, 6.07) is 8.91. The molecular weight excluding hydrogens is 250 g/mol. The van der Waals surface area contributed by atoms with Gasteiger partial charge in [-0.1, -0.05) is 24.3 Å². The molecule has 112 valence electrons. The normalized spacial score (nSPS) is 21.7. The van der Waals surface area contributed by atoms with Gasteiger partial charge in [0.2, 0.25) is 0 Å². The van der Waals surface area contributed by atoms with Crippen LogP contribution in [0.1, 0.15) is 30.4 Å². The lowest BCUT2D eigenvalue weighted by molar-refractivity contribution is 0.153. The van der Waals surface area contributed by atoms with Crippen molar-refractivity contribution < 1.29 is 9.47 Å². The Kier molecular flexibility index (Phi) is 6.02. The van der Waals surface area contributed by atoms with E-state index in [2.05, 4.69) is 29.6 Å². The second-order valence-electron chi connectivity index (χ2n) is 5.70. The van der Waals surface area contributed by atoms with E-state index >= 15 is 0 Å². The predicted molar refractivity (Wildman–Crippen MR) is 82.3 cm³/mol. The fraction of sp³-hybridized carbons (Fsp3) is 0.647. The fourth-order valence-electron chi connectivity index (χ4n) is 3.34. The van der Waals surface area contributed by atoms with Gasteiger partial charge in [0.1, 0.15) is 0 Å². The minimum absolute atomic E-state index is 0.221. The van der Waals surface area contributed by atoms with Crippen molar-refractivity contribution in [1.29, 1.82) is 0 Å². The third-order valence-electron chi connectivity index (χ3n) is 4.42. The van der Waals surface area contributed by atoms with E-state index in [1.807, 2.05) is 0 Å². The number of fused-ring (bicyclic) bond motifs is 1. The highest BCUT2D eigenvalue weighted by Gasteiger charge is 2.35. The van der Waals surface area contributed by atoms with Crippen molar-refractivity contribution in [3.8, 4) is 0 Å². The number of benzene rings is 1. The molecule has 0 saturated heterocycles. The van der Waals surface area contributed by atoms with E-state index in [1.165, 1.54) is 30.4 Å². The molecule has 0 bridgehead atoms. The zero-order chi connectivity index (χ0) is 14.3. The third-order valence-corrected chi connectivity index (χ3v) is 4.42. The largest absolute Gasteiger partial charge is 0.385 e. The average molecular weight is 277 g/mol. The van der Waals surface area contributed by atoms with E-state index in [0.29, 0.717) is 0 Å². The number of aryl methyl sites for hydroxylation is 1. The summed E-state index contributed by atoms with van der Waals surface area (Å²) in [6.07, 6.45) is 4.81. The van der Waals surface area contributed by atoms with Gasteiger partial charge in [-0.25, -0.2) is 0 Å². The van der Waals surface area contributed by atoms with Gasteiger partial charge in [0, 0.05) is 39.3 Å². The minimum Gasteiger partial charge on any atom is -0.385 e. The predicted octanol–water partition coefficient (Wildman–Crippen LogP) is 2.53. The zero-order valence-electron chi connectivity index (χ0n) is 12.8. The van der Waals surface area contributed by atoms with Gasteiger partial charge < -0.3 is 14.8 Å². The van der Waals surface area contributed by atoms with E-state index in [-0.39, 0.29) is 5.41 Å². The molecule has 1 aliphatic rings. The van der Waals surface area contributed by atoms with E-state index in [9.17, 15) is 0 Å². The number of ether oxygens (including phenoxy) is 2. The Bertz CT molecular complexity index is 408. The summed E-state index contributed by atoms with van der Waals surface area (Å²) in [4.78, 5) is 0. The lowest BCUT2D eigenvalue weighted by atomic mass is 9.68. The highest BCUT2D eigenvalue weighted by molar-refractivity contribution is 5.37. The molecule has 1 N–H and O–H groups in total. The summed E-state index contributed by atoms with van der Waals surface area (Å²) in [5.74, 6) is 0. The second-order valence-corrected chi connectivity index (χ2v) is 5.70. The fourth-order valence-corrected chi connectivity index (χ4v) is 3.34. The molecule has 1 atom stereocenters. The first-order valence-electron chi connectivity index (χ1n) is 7.59. The molecule has 0 aliphatic heterocycles. The number of hydrogen-bond acceptors (Lipinski definition) is 3. The van der Waals surface area contributed by atoms with Gasteiger partial charge in [0.05, 0.1) is 6.61 Å². The van der Waals surface area contributed by atoms with Gasteiger partial charge >= 0.3 is 0 Å². The zero-order valence-corrected chi connectivity index (χ0v) is 12.8. The molecule has 3 heteroatoms. The van der Waals surface area contributed by atoms with Crippen LogP contribution in [0.25, 0.3) is 0 Å². The van der Waals surface area contributed by atoms with Gasteiger partial charge in [-0.05, 0) is 36.8 Å². The number of rotatable bonds is 8. The first-order chi connectivity index (χ1) is 9.82. The maximum absolute atomic E-state index is 5.36. The Morgan fingerprint density at radius 1 is 1.15 bits per heavy atom. The first kappa shape index (κ1) is 15.5. The smallest absolute Gasteiger partial charge is 0.0587 e. The molecule has 0 aromatic heterocycles. The maximum Gasteiger partial charge on any atom is 0.0587 e. The van der Waals surface area contributed by atoms with Gasteiger partial charge in [0.15, 0.2) is 0 Å². The maximum atomic E-state index is 5.36. The molecule has 2 rings (SSSR count). The van der Waals surface area contributed by atoms with Gasteiger partial charge in [-0.2, -0.15) is 0 Å². The van der Waals surface area contributed by atoms with Crippen molar-refractivity contribution in [3.05, 3.63) is 35.4 Å². The lowest BCUT2D eigenvalue weighted by Gasteiger charge is -2.39. The SMILES string of the molecule is COCCNCC1(CCOC)CCCc2ccccc21. The van der Waals surface area contributed by atoms with Gasteiger partial charge in [-0.15, -0.1) is 0 Å². The van der Waals surface area contributed by atoms with Crippen molar-refractivity contribution in [2.45, 2.75) is 31.1 Å². The van der Waals surface area contributed by atoms with Crippen molar-refractivity contribution in [1.82, 2.24) is 5.32 Å². The molecule has 0 saturated carbocycles. The molecule has 1 aromatic carbocycles. The standard InChI is InChI=1S/C17H27NO2/c1-19-12-10-17(14-18-11-13-20-2)9-5-7-15-6-3-4-8-16(15)17/h3-4,6,8,18H,5,7,9-14H2,1-2H3. The van der Waals surface area contributed by atoms with Crippen LogP contribution in [0.2, 0.25) is 0 Å². The molecule has 0 amide bonds. The van der Waals surface area contributed by atoms with Crippen LogP contribution in [0.5, 0.6) is 0 Å². The van der Waals surface area contributed by atoms with E-state index < -0.39 is 0 Å². The lowest BCUT2D eigenvalue weighted by Crippen LogP contribution is -2.42. The van der Waals surface area contributed by atoms with Crippen LogP contribution in [-0.4, -0.2) is 40.5 Å². The summed E-state index contributed by atoms with van der Waals surface area (Å²) in [6.45, 7) is 3.51. The highest BCUT2D eigenvalue weighted by atomic mass is 16.5. The Hall–Kier alpha value is -0.900. The number of nitrogens with one attached hydrogen (secondary N) is 1. The van der Waals surface area contributed by atoms with Crippen LogP contribution in [0.15, 0.2) is 24.3 Å². The van der Waals surface area contributed by atoms with Crippen molar-refractivity contribution >= 4 is 0 Å². The van der Waals surface area contributed by atoms with Crippen LogP contribution >= 0.6 is 0 Å². The molecule has 0 heterocycles. The highest BCUT2D eigenvalue weighted by Crippen LogP contribution is 2.39. The minimum atomic E-state index is 0.221. The van der Waals surface area contributed by atoms with E-state index in [4.69, 9.17) is 9.47 Å². The summed E-state index contributed by atoms with van der Waals surface area (Å²) < 4.78 is 10.5. The molecule has 1 aromatic rings. The molecule has 1 aliphatic carbocycles. The Morgan fingerprint density at radius 3 is 2.75 bits per heavy atom. The third kappa shape index (κ3) is 3.60. The molecule has 0 fully saturated rings. The van der Waals surface area contributed by atoms with E-state index in [1.54, 1.807) is 14.2 Å². The molecule has 20 heavy (non-hydrogen) atoms. The summed E-state index contributed by atoms with van der Waals surface area (Å²) in [5, 5.41) is 3.57. The first-order valence-corrected chi connectivity index (χ1v) is 7.59. The Morgan fingerprint density at radius 2 is 1.95 bits per heavy atom. The van der Waals surface area contributed by atoms with Crippen molar-refractivity contribution in [2.75, 3.05) is 40.5 Å². The Balaban J connectivity index is 2.14. The van der Waals surface area contributed by atoms with Crippen LogP contribution in [-0.2, 0) is 21.3 Å². The summed E-state index contributed by atoms with van der Waals surface area (Å²) in [5.41, 5.74) is 3.26. The molecule has 3 nitrogen and oxygen atoms in total. The van der Waals surface area contributed by atoms with Crippen LogP contribution in [0.4, 0.5) is 0 Å². The van der Waals surface area contributed by atoms with Crippen LogP contribution in [0, 0.1) is 0 Å². The number of hydrogen-bond donors (Lipinski definition) is 1.